The summed E-state index contributed by atoms with van der Waals surface area (Å²) in [6.45, 7) is 4.32. The molecule has 0 radical (unpaired) electrons. The number of hydrogen-bond donors (Lipinski definition) is 2. The zero-order chi connectivity index (χ0) is 7.28. The van der Waals surface area contributed by atoms with Crippen molar-refractivity contribution in [2.24, 2.45) is 11.7 Å². The van der Waals surface area contributed by atoms with Crippen LogP contribution < -0.4 is 5.73 Å². The van der Waals surface area contributed by atoms with Gasteiger partial charge in [0.1, 0.15) is 0 Å². The molecule has 0 aromatic rings. The summed E-state index contributed by atoms with van der Waals surface area (Å²) in [7, 11) is 0. The molecule has 0 aliphatic carbocycles. The van der Waals surface area contributed by atoms with Gasteiger partial charge in [0.2, 0.25) is 0 Å². The molecule has 0 amide bonds. The van der Waals surface area contributed by atoms with Crippen LogP contribution in [0.3, 0.4) is 0 Å². The predicted octanol–water partition coefficient (Wildman–Crippen LogP) is 1.16. The van der Waals surface area contributed by atoms with E-state index in [-0.39, 0.29) is 25.1 Å². The van der Waals surface area contributed by atoms with Crippen LogP contribution in [0.5, 0.6) is 0 Å². The largest absolute Gasteiger partial charge is 0.395 e. The van der Waals surface area contributed by atoms with E-state index in [1.165, 1.54) is 0 Å². The van der Waals surface area contributed by atoms with Crippen molar-refractivity contribution >= 4 is 12.4 Å². The van der Waals surface area contributed by atoms with Gasteiger partial charge in [-0.2, -0.15) is 0 Å². The first kappa shape index (κ1) is 12.8. The van der Waals surface area contributed by atoms with Crippen LogP contribution in [0.4, 0.5) is 0 Å². The monoisotopic (exact) mass is 167 g/mol. The normalized spacial score (nSPS) is 12.9. The Kier molecular flexibility index (Phi) is 9.40. The van der Waals surface area contributed by atoms with Crippen molar-refractivity contribution in [2.45, 2.75) is 32.7 Å². The van der Waals surface area contributed by atoms with E-state index >= 15 is 0 Å². The highest BCUT2D eigenvalue weighted by Crippen LogP contribution is 2.09. The second-order valence-corrected chi connectivity index (χ2v) is 2.42. The maximum atomic E-state index is 8.64. The Hall–Kier alpha value is 0.210. The number of nitrogens with two attached hydrogens (primary N) is 1. The second-order valence-electron chi connectivity index (χ2n) is 2.42. The fourth-order valence-corrected chi connectivity index (χ4v) is 1.04. The molecule has 64 valence electrons. The van der Waals surface area contributed by atoms with Gasteiger partial charge in [-0.15, -0.1) is 12.4 Å². The smallest absolute Gasteiger partial charge is 0.0585 e. The molecule has 0 heterocycles. The first-order chi connectivity index (χ1) is 4.26. The minimum absolute atomic E-state index is 0. The molecule has 3 N–H and O–H groups in total. The molecule has 0 rings (SSSR count). The standard InChI is InChI=1S/C7H17NO.ClH/c1-3-6(4-2)7(8)5-9;/h6-7,9H,3-5,8H2,1-2H3;1H. The van der Waals surface area contributed by atoms with Crippen LogP contribution in [-0.2, 0) is 0 Å². The topological polar surface area (TPSA) is 46.2 Å². The average molecular weight is 168 g/mol. The Morgan fingerprint density at radius 2 is 1.70 bits per heavy atom. The summed E-state index contributed by atoms with van der Waals surface area (Å²) in [5, 5.41) is 8.64. The zero-order valence-corrected chi connectivity index (χ0v) is 7.53. The van der Waals surface area contributed by atoms with E-state index in [0.29, 0.717) is 5.92 Å². The van der Waals surface area contributed by atoms with Gasteiger partial charge in [0.15, 0.2) is 0 Å². The van der Waals surface area contributed by atoms with Crippen molar-refractivity contribution in [1.29, 1.82) is 0 Å². The van der Waals surface area contributed by atoms with Gasteiger partial charge < -0.3 is 10.8 Å². The Morgan fingerprint density at radius 1 is 1.30 bits per heavy atom. The molecule has 0 fully saturated rings. The van der Waals surface area contributed by atoms with Crippen molar-refractivity contribution in [3.05, 3.63) is 0 Å². The van der Waals surface area contributed by atoms with Crippen LogP contribution in [-0.4, -0.2) is 17.8 Å². The third-order valence-electron chi connectivity index (χ3n) is 1.87. The highest BCUT2D eigenvalue weighted by Gasteiger charge is 2.11. The van der Waals surface area contributed by atoms with Gasteiger partial charge in [-0.1, -0.05) is 26.7 Å². The van der Waals surface area contributed by atoms with Gasteiger partial charge in [0.05, 0.1) is 6.61 Å². The first-order valence-corrected chi connectivity index (χ1v) is 3.62. The lowest BCUT2D eigenvalue weighted by Gasteiger charge is -2.17. The third kappa shape index (κ3) is 4.09. The van der Waals surface area contributed by atoms with E-state index in [1.807, 2.05) is 0 Å². The summed E-state index contributed by atoms with van der Waals surface area (Å²) < 4.78 is 0. The highest BCUT2D eigenvalue weighted by molar-refractivity contribution is 5.85. The van der Waals surface area contributed by atoms with Gasteiger partial charge in [-0.25, -0.2) is 0 Å². The fourth-order valence-electron chi connectivity index (χ4n) is 1.04. The molecule has 0 aromatic heterocycles. The van der Waals surface area contributed by atoms with Crippen LogP contribution in [0, 0.1) is 5.92 Å². The van der Waals surface area contributed by atoms with Crippen LogP contribution >= 0.6 is 12.4 Å². The predicted molar refractivity (Wildman–Crippen MR) is 46.4 cm³/mol. The molecule has 0 spiro atoms. The Bertz CT molecular complexity index is 66.6. The molecule has 0 aliphatic heterocycles. The van der Waals surface area contributed by atoms with Gasteiger partial charge in [-0.3, -0.25) is 0 Å². The lowest BCUT2D eigenvalue weighted by Crippen LogP contribution is -2.32. The molecule has 3 heteroatoms. The molecule has 0 aliphatic rings. The van der Waals surface area contributed by atoms with Gasteiger partial charge in [0, 0.05) is 6.04 Å². The van der Waals surface area contributed by atoms with E-state index in [1.54, 1.807) is 0 Å². The van der Waals surface area contributed by atoms with E-state index < -0.39 is 0 Å². The maximum absolute atomic E-state index is 8.64. The summed E-state index contributed by atoms with van der Waals surface area (Å²) >= 11 is 0. The molecule has 1 atom stereocenters. The van der Waals surface area contributed by atoms with Crippen molar-refractivity contribution in [2.75, 3.05) is 6.61 Å². The lowest BCUT2D eigenvalue weighted by atomic mass is 9.96. The third-order valence-corrected chi connectivity index (χ3v) is 1.87. The maximum Gasteiger partial charge on any atom is 0.0585 e. The van der Waals surface area contributed by atoms with Crippen molar-refractivity contribution < 1.29 is 5.11 Å². The van der Waals surface area contributed by atoms with E-state index in [4.69, 9.17) is 10.8 Å². The minimum atomic E-state index is -0.0139. The van der Waals surface area contributed by atoms with Crippen LogP contribution in [0.25, 0.3) is 0 Å². The van der Waals surface area contributed by atoms with Crippen molar-refractivity contribution in [3.8, 4) is 0 Å². The Balaban J connectivity index is 0. The summed E-state index contributed by atoms with van der Waals surface area (Å²) in [5.41, 5.74) is 5.59. The molecular weight excluding hydrogens is 150 g/mol. The number of rotatable bonds is 4. The molecule has 1 unspecified atom stereocenters. The van der Waals surface area contributed by atoms with E-state index in [9.17, 15) is 0 Å². The molecule has 0 saturated heterocycles. The lowest BCUT2D eigenvalue weighted by molar-refractivity contribution is 0.220. The molecule has 0 bridgehead atoms. The molecule has 0 aromatic carbocycles. The zero-order valence-electron chi connectivity index (χ0n) is 6.71. The summed E-state index contributed by atoms with van der Waals surface area (Å²) in [6.07, 6.45) is 2.14. The quantitative estimate of drug-likeness (QED) is 0.661. The Morgan fingerprint density at radius 3 is 1.80 bits per heavy atom. The SMILES string of the molecule is CCC(CC)C(N)CO.Cl. The van der Waals surface area contributed by atoms with Gasteiger partial charge in [0.25, 0.3) is 0 Å². The van der Waals surface area contributed by atoms with Gasteiger partial charge in [-0.05, 0) is 5.92 Å². The molecule has 0 saturated carbocycles. The number of hydrogen-bond acceptors (Lipinski definition) is 2. The van der Waals surface area contributed by atoms with Crippen LogP contribution in [0.1, 0.15) is 26.7 Å². The molecular formula is C7H18ClNO. The summed E-state index contributed by atoms with van der Waals surface area (Å²) in [4.78, 5) is 0. The first-order valence-electron chi connectivity index (χ1n) is 3.62. The number of aliphatic hydroxyl groups excluding tert-OH is 1. The number of halogens is 1. The van der Waals surface area contributed by atoms with Crippen molar-refractivity contribution in [1.82, 2.24) is 0 Å². The van der Waals surface area contributed by atoms with Crippen LogP contribution in [0.15, 0.2) is 0 Å². The van der Waals surface area contributed by atoms with Crippen molar-refractivity contribution in [3.63, 3.8) is 0 Å². The minimum Gasteiger partial charge on any atom is -0.395 e. The summed E-state index contributed by atoms with van der Waals surface area (Å²) in [5.74, 6) is 0.495. The molecule has 2 nitrogen and oxygen atoms in total. The Labute approximate surface area is 69.2 Å². The van der Waals surface area contributed by atoms with E-state index in [2.05, 4.69) is 13.8 Å². The van der Waals surface area contributed by atoms with Crippen LogP contribution in [0.2, 0.25) is 0 Å². The fraction of sp³-hybridized carbons (Fsp3) is 1.00. The second kappa shape index (κ2) is 7.32. The van der Waals surface area contributed by atoms with E-state index in [0.717, 1.165) is 12.8 Å². The number of aliphatic hydroxyl groups is 1. The highest BCUT2D eigenvalue weighted by atomic mass is 35.5. The van der Waals surface area contributed by atoms with Gasteiger partial charge >= 0.3 is 0 Å². The summed E-state index contributed by atoms with van der Waals surface area (Å²) in [6, 6.07) is -0.0139. The average Bonchev–Trinajstić information content (AvgIpc) is 1.90. The molecule has 10 heavy (non-hydrogen) atoms.